The van der Waals surface area contributed by atoms with Gasteiger partial charge in [-0.2, -0.15) is 0 Å². The first-order chi connectivity index (χ1) is 10.6. The lowest BCUT2D eigenvalue weighted by Gasteiger charge is -2.45. The highest BCUT2D eigenvalue weighted by atomic mass is 32.1. The molecule has 0 radical (unpaired) electrons. The fourth-order valence-corrected chi connectivity index (χ4v) is 4.03. The molecule has 1 fully saturated rings. The maximum Gasteiger partial charge on any atom is 0.302 e. The van der Waals surface area contributed by atoms with Gasteiger partial charge >= 0.3 is 5.97 Å². The van der Waals surface area contributed by atoms with Crippen LogP contribution in [0.2, 0.25) is 0 Å². The van der Waals surface area contributed by atoms with Gasteiger partial charge in [0.25, 0.3) is 0 Å². The number of nitrogens with zero attached hydrogens (tertiary/aromatic N) is 1. The lowest BCUT2D eigenvalue weighted by atomic mass is 9.61. The average Bonchev–Trinajstić information content (AvgIpc) is 2.55. The molecule has 0 unspecified atom stereocenters. The van der Waals surface area contributed by atoms with E-state index in [1.165, 1.54) is 18.9 Å². The lowest BCUT2D eigenvalue weighted by molar-refractivity contribution is -0.141. The molecule has 120 valence electrons. The Morgan fingerprint density at radius 2 is 2.36 bits per heavy atom. The minimum absolute atomic E-state index is 0.198. The number of carbonyl (C=O) groups is 1. The van der Waals surface area contributed by atoms with Crippen molar-refractivity contribution in [3.8, 4) is 0 Å². The maximum atomic E-state index is 11.0. The van der Waals surface area contributed by atoms with Crippen molar-refractivity contribution in [1.82, 2.24) is 10.3 Å². The summed E-state index contributed by atoms with van der Waals surface area (Å²) in [6, 6.07) is 4.08. The number of rotatable bonds is 5. The van der Waals surface area contributed by atoms with Crippen molar-refractivity contribution in [2.24, 2.45) is 5.92 Å². The number of hydrogen-bond acceptors (Lipinski definition) is 4. The number of nitrogens with one attached hydrogen (secondary N) is 1. The van der Waals surface area contributed by atoms with Crippen molar-refractivity contribution in [3.05, 3.63) is 30.1 Å². The predicted molar refractivity (Wildman–Crippen MR) is 90.8 cm³/mol. The van der Waals surface area contributed by atoms with E-state index in [-0.39, 0.29) is 11.4 Å². The Balaban J connectivity index is 2.31. The maximum absolute atomic E-state index is 11.0. The largest absolute Gasteiger partial charge is 0.466 e. The molecular weight excluding hydrogens is 296 g/mol. The number of hydrogen-bond donors (Lipinski definition) is 1. The molecule has 0 saturated heterocycles. The Morgan fingerprint density at radius 3 is 3.00 bits per heavy atom. The van der Waals surface area contributed by atoms with Crippen LogP contribution >= 0.6 is 12.2 Å². The van der Waals surface area contributed by atoms with Gasteiger partial charge in [0.1, 0.15) is 0 Å². The Labute approximate surface area is 137 Å². The molecule has 2 rings (SSSR count). The van der Waals surface area contributed by atoms with E-state index < -0.39 is 0 Å². The molecule has 1 aromatic heterocycles. The molecule has 1 heterocycles. The van der Waals surface area contributed by atoms with Crippen LogP contribution in [0.3, 0.4) is 0 Å². The van der Waals surface area contributed by atoms with Crippen molar-refractivity contribution < 1.29 is 9.53 Å². The molecule has 1 aromatic rings. The minimum atomic E-state index is -0.223. The van der Waals surface area contributed by atoms with E-state index in [1.807, 2.05) is 19.3 Å². The topological polar surface area (TPSA) is 51.2 Å². The molecule has 5 heteroatoms. The normalized spacial score (nSPS) is 24.5. The molecule has 1 N–H and O–H groups in total. The number of esters is 1. The first-order valence-corrected chi connectivity index (χ1v) is 8.28. The summed E-state index contributed by atoms with van der Waals surface area (Å²) in [7, 11) is 1.89. The van der Waals surface area contributed by atoms with Gasteiger partial charge in [-0.1, -0.05) is 31.1 Å². The fraction of sp³-hybridized carbons (Fsp3) is 0.588. The highest BCUT2D eigenvalue weighted by Crippen LogP contribution is 2.46. The summed E-state index contributed by atoms with van der Waals surface area (Å²) >= 11 is 5.70. The monoisotopic (exact) mass is 320 g/mol. The van der Waals surface area contributed by atoms with E-state index in [0.717, 1.165) is 30.7 Å². The van der Waals surface area contributed by atoms with Gasteiger partial charge in [-0.25, -0.2) is 0 Å². The number of carbonyl (C=O) groups excluding carboxylic acids is 1. The predicted octanol–water partition coefficient (Wildman–Crippen LogP) is 3.01. The van der Waals surface area contributed by atoms with Crippen LogP contribution in [0.25, 0.3) is 0 Å². The van der Waals surface area contributed by atoms with Crippen molar-refractivity contribution in [2.45, 2.75) is 44.4 Å². The molecule has 1 saturated carbocycles. The van der Waals surface area contributed by atoms with Crippen LogP contribution in [0, 0.1) is 5.92 Å². The zero-order valence-electron chi connectivity index (χ0n) is 13.3. The Morgan fingerprint density at radius 1 is 1.55 bits per heavy atom. The van der Waals surface area contributed by atoms with E-state index in [1.54, 1.807) is 6.20 Å². The zero-order chi connectivity index (χ0) is 16.0. The summed E-state index contributed by atoms with van der Waals surface area (Å²) in [5.41, 5.74) is 0.971. The van der Waals surface area contributed by atoms with Gasteiger partial charge in [-0.05, 0) is 36.8 Å². The summed E-state index contributed by atoms with van der Waals surface area (Å²) in [5.74, 6) is 0.142. The molecule has 4 nitrogen and oxygen atoms in total. The van der Waals surface area contributed by atoms with Gasteiger partial charge in [-0.15, -0.1) is 0 Å². The molecule has 1 aliphatic carbocycles. The van der Waals surface area contributed by atoms with E-state index in [4.69, 9.17) is 17.0 Å². The minimum Gasteiger partial charge on any atom is -0.466 e. The smallest absolute Gasteiger partial charge is 0.302 e. The van der Waals surface area contributed by atoms with Crippen molar-refractivity contribution in [3.63, 3.8) is 0 Å². The van der Waals surface area contributed by atoms with E-state index in [0.29, 0.717) is 12.5 Å². The SMILES string of the molecule is CNC(=S)[C@]1(c2cccnc2)CCCC[C@H]1CCOC(C)=O. The van der Waals surface area contributed by atoms with Crippen LogP contribution in [0.15, 0.2) is 24.5 Å². The van der Waals surface area contributed by atoms with Gasteiger partial charge in [0.2, 0.25) is 0 Å². The molecule has 0 aromatic carbocycles. The van der Waals surface area contributed by atoms with Gasteiger partial charge in [-0.3, -0.25) is 9.78 Å². The van der Waals surface area contributed by atoms with Gasteiger partial charge in [0.15, 0.2) is 0 Å². The van der Waals surface area contributed by atoms with Crippen LogP contribution in [-0.2, 0) is 14.9 Å². The standard InChI is InChI=1S/C17H24N2O2S/c1-13(20)21-11-8-14-6-3-4-9-17(14,16(22)18-2)15-7-5-10-19-12-15/h5,7,10,12,14H,3-4,6,8-9,11H2,1-2H3,(H,18,22)/t14-,17+/m0/s1. The van der Waals surface area contributed by atoms with Crippen molar-refractivity contribution >= 4 is 23.2 Å². The molecule has 0 amide bonds. The fourth-order valence-electron chi connectivity index (χ4n) is 3.64. The van der Waals surface area contributed by atoms with Gasteiger partial charge in [0, 0.05) is 31.8 Å². The molecule has 22 heavy (non-hydrogen) atoms. The van der Waals surface area contributed by atoms with Crippen LogP contribution in [0.5, 0.6) is 0 Å². The van der Waals surface area contributed by atoms with E-state index >= 15 is 0 Å². The number of aromatic nitrogens is 1. The van der Waals surface area contributed by atoms with Crippen LogP contribution in [-0.4, -0.2) is 29.6 Å². The molecule has 2 atom stereocenters. The second-order valence-electron chi connectivity index (χ2n) is 5.86. The van der Waals surface area contributed by atoms with E-state index in [2.05, 4.69) is 16.4 Å². The Bertz CT molecular complexity index is 521. The molecule has 1 aliphatic rings. The third-order valence-electron chi connectivity index (χ3n) is 4.65. The van der Waals surface area contributed by atoms with Gasteiger partial charge < -0.3 is 10.1 Å². The summed E-state index contributed by atoms with van der Waals surface area (Å²) in [4.78, 5) is 16.2. The van der Waals surface area contributed by atoms with Crippen LogP contribution in [0.4, 0.5) is 0 Å². The summed E-state index contributed by atoms with van der Waals surface area (Å²) in [6.45, 7) is 1.90. The zero-order valence-corrected chi connectivity index (χ0v) is 14.1. The Kier molecular flexibility index (Phi) is 5.89. The summed E-state index contributed by atoms with van der Waals surface area (Å²) in [5, 5.41) is 3.20. The van der Waals surface area contributed by atoms with Crippen LogP contribution in [0.1, 0.15) is 44.6 Å². The summed E-state index contributed by atoms with van der Waals surface area (Å²) in [6.07, 6.45) is 9.00. The molecule has 0 spiro atoms. The van der Waals surface area contributed by atoms with Crippen molar-refractivity contribution in [1.29, 1.82) is 0 Å². The third kappa shape index (κ3) is 3.46. The van der Waals surface area contributed by atoms with Crippen LogP contribution < -0.4 is 5.32 Å². The molecular formula is C17H24N2O2S. The highest BCUT2D eigenvalue weighted by molar-refractivity contribution is 7.80. The average molecular weight is 320 g/mol. The quantitative estimate of drug-likeness (QED) is 0.667. The Hall–Kier alpha value is -1.49. The number of likely N-dealkylation sites (N-methyl/N-ethyl adjacent to an activating group) is 1. The van der Waals surface area contributed by atoms with Crippen molar-refractivity contribution in [2.75, 3.05) is 13.7 Å². The van der Waals surface area contributed by atoms with E-state index in [9.17, 15) is 4.79 Å². The third-order valence-corrected chi connectivity index (χ3v) is 5.22. The highest BCUT2D eigenvalue weighted by Gasteiger charge is 2.45. The molecule has 0 bridgehead atoms. The molecule has 0 aliphatic heterocycles. The first kappa shape index (κ1) is 16.9. The lowest BCUT2D eigenvalue weighted by Crippen LogP contribution is -2.49. The number of pyridine rings is 1. The summed E-state index contributed by atoms with van der Waals surface area (Å²) < 4.78 is 5.17. The second-order valence-corrected chi connectivity index (χ2v) is 6.27. The number of thiocarbonyl (C=S) groups is 1. The second kappa shape index (κ2) is 7.68. The van der Waals surface area contributed by atoms with Gasteiger partial charge in [0.05, 0.1) is 11.6 Å². The number of ether oxygens (including phenoxy) is 1. The first-order valence-electron chi connectivity index (χ1n) is 7.87.